The first-order chi connectivity index (χ1) is 10.1. The SMILES string of the molecule is CC(=O)Nc1cccc(OCc2ccc(C(=O)NN)o2)c1. The summed E-state index contributed by atoms with van der Waals surface area (Å²) in [5, 5.41) is 2.66. The van der Waals surface area contributed by atoms with Crippen LogP contribution in [0.4, 0.5) is 5.69 Å². The zero-order valence-corrected chi connectivity index (χ0v) is 11.4. The number of rotatable bonds is 5. The fraction of sp³-hybridized carbons (Fsp3) is 0.143. The first-order valence-corrected chi connectivity index (χ1v) is 6.18. The topological polar surface area (TPSA) is 107 Å². The fourth-order valence-corrected chi connectivity index (χ4v) is 1.67. The Balaban J connectivity index is 1.98. The first kappa shape index (κ1) is 14.6. The number of carbonyl (C=O) groups excluding carboxylic acids is 2. The predicted molar refractivity (Wildman–Crippen MR) is 75.4 cm³/mol. The number of hydrazine groups is 1. The Morgan fingerprint density at radius 2 is 2.10 bits per heavy atom. The molecule has 1 aromatic heterocycles. The Kier molecular flexibility index (Phi) is 4.57. The molecule has 0 aliphatic heterocycles. The molecule has 0 saturated carbocycles. The van der Waals surface area contributed by atoms with Crippen molar-refractivity contribution in [3.05, 3.63) is 47.9 Å². The van der Waals surface area contributed by atoms with Crippen LogP contribution < -0.4 is 21.3 Å². The van der Waals surface area contributed by atoms with Crippen LogP contribution in [0.2, 0.25) is 0 Å². The van der Waals surface area contributed by atoms with Crippen LogP contribution in [-0.4, -0.2) is 11.8 Å². The van der Waals surface area contributed by atoms with Gasteiger partial charge in [0.1, 0.15) is 18.1 Å². The lowest BCUT2D eigenvalue weighted by molar-refractivity contribution is -0.114. The van der Waals surface area contributed by atoms with Crippen LogP contribution in [0.5, 0.6) is 5.75 Å². The van der Waals surface area contributed by atoms with Crippen molar-refractivity contribution in [2.75, 3.05) is 5.32 Å². The summed E-state index contributed by atoms with van der Waals surface area (Å²) < 4.78 is 10.8. The van der Waals surface area contributed by atoms with Gasteiger partial charge in [-0.05, 0) is 24.3 Å². The Bertz CT molecular complexity index is 651. The standard InChI is InChI=1S/C14H15N3O4/c1-9(18)16-10-3-2-4-11(7-10)20-8-12-5-6-13(21-12)14(19)17-15/h2-7H,8,15H2,1H3,(H,16,18)(H,17,19). The third-order valence-electron chi connectivity index (χ3n) is 2.55. The van der Waals surface area contributed by atoms with Gasteiger partial charge in [0, 0.05) is 18.7 Å². The quantitative estimate of drug-likeness (QED) is 0.438. The molecule has 0 bridgehead atoms. The molecule has 4 N–H and O–H groups in total. The highest BCUT2D eigenvalue weighted by Crippen LogP contribution is 2.19. The highest BCUT2D eigenvalue weighted by Gasteiger charge is 2.09. The van der Waals surface area contributed by atoms with Crippen LogP contribution in [0.1, 0.15) is 23.2 Å². The molecule has 1 heterocycles. The summed E-state index contributed by atoms with van der Waals surface area (Å²) >= 11 is 0. The molecule has 0 saturated heterocycles. The molecule has 0 spiro atoms. The number of amides is 2. The summed E-state index contributed by atoms with van der Waals surface area (Å²) in [4.78, 5) is 22.2. The second-order valence-electron chi connectivity index (χ2n) is 4.24. The van der Waals surface area contributed by atoms with Gasteiger partial charge in [-0.1, -0.05) is 6.07 Å². The average Bonchev–Trinajstić information content (AvgIpc) is 2.93. The summed E-state index contributed by atoms with van der Waals surface area (Å²) in [5.41, 5.74) is 2.62. The van der Waals surface area contributed by atoms with Gasteiger partial charge in [-0.15, -0.1) is 0 Å². The largest absolute Gasteiger partial charge is 0.486 e. The molecule has 2 amide bonds. The number of benzene rings is 1. The molecule has 110 valence electrons. The third-order valence-corrected chi connectivity index (χ3v) is 2.55. The maximum Gasteiger partial charge on any atom is 0.300 e. The number of anilines is 1. The third kappa shape index (κ3) is 4.08. The van der Waals surface area contributed by atoms with Gasteiger partial charge in [-0.25, -0.2) is 5.84 Å². The van der Waals surface area contributed by atoms with Crippen molar-refractivity contribution in [3.63, 3.8) is 0 Å². The molecule has 0 aliphatic carbocycles. The van der Waals surface area contributed by atoms with Crippen molar-refractivity contribution in [1.82, 2.24) is 5.43 Å². The molecule has 1 aromatic carbocycles. The molecule has 0 aliphatic rings. The Morgan fingerprint density at radius 1 is 1.29 bits per heavy atom. The van der Waals surface area contributed by atoms with Crippen molar-refractivity contribution < 1.29 is 18.7 Å². The monoisotopic (exact) mass is 289 g/mol. The van der Waals surface area contributed by atoms with Crippen LogP contribution in [0.15, 0.2) is 40.8 Å². The molecule has 7 nitrogen and oxygen atoms in total. The molecule has 7 heteroatoms. The zero-order valence-electron chi connectivity index (χ0n) is 11.4. The number of furan rings is 1. The van der Waals surface area contributed by atoms with Gasteiger partial charge in [-0.3, -0.25) is 15.0 Å². The summed E-state index contributed by atoms with van der Waals surface area (Å²) in [6.45, 7) is 1.59. The van der Waals surface area contributed by atoms with Gasteiger partial charge in [0.15, 0.2) is 5.76 Å². The van der Waals surface area contributed by atoms with E-state index in [2.05, 4.69) is 5.32 Å². The Labute approximate surface area is 121 Å². The average molecular weight is 289 g/mol. The van der Waals surface area contributed by atoms with E-state index in [0.29, 0.717) is 17.2 Å². The lowest BCUT2D eigenvalue weighted by Crippen LogP contribution is -2.29. The van der Waals surface area contributed by atoms with E-state index >= 15 is 0 Å². The summed E-state index contributed by atoms with van der Waals surface area (Å²) in [6.07, 6.45) is 0. The predicted octanol–water partition coefficient (Wildman–Crippen LogP) is 1.42. The van der Waals surface area contributed by atoms with E-state index < -0.39 is 5.91 Å². The second-order valence-corrected chi connectivity index (χ2v) is 4.24. The van der Waals surface area contributed by atoms with Crippen LogP contribution in [0.25, 0.3) is 0 Å². The summed E-state index contributed by atoms with van der Waals surface area (Å²) in [5.74, 6) is 5.52. The van der Waals surface area contributed by atoms with Crippen molar-refractivity contribution in [3.8, 4) is 5.75 Å². The molecule has 2 rings (SSSR count). The van der Waals surface area contributed by atoms with Crippen LogP contribution in [0, 0.1) is 0 Å². The minimum absolute atomic E-state index is 0.114. The number of carbonyl (C=O) groups is 2. The summed E-state index contributed by atoms with van der Waals surface area (Å²) in [6, 6.07) is 10.1. The Hall–Kier alpha value is -2.80. The van der Waals surface area contributed by atoms with Crippen LogP contribution in [0.3, 0.4) is 0 Å². The van der Waals surface area contributed by atoms with Crippen molar-refractivity contribution in [1.29, 1.82) is 0 Å². The minimum Gasteiger partial charge on any atom is -0.486 e. The van der Waals surface area contributed by atoms with E-state index in [1.165, 1.54) is 13.0 Å². The number of nitrogens with one attached hydrogen (secondary N) is 2. The van der Waals surface area contributed by atoms with E-state index in [4.69, 9.17) is 15.0 Å². The first-order valence-electron chi connectivity index (χ1n) is 6.18. The highest BCUT2D eigenvalue weighted by atomic mass is 16.5. The molecule has 0 unspecified atom stereocenters. The molecule has 0 fully saturated rings. The number of hydrogen-bond donors (Lipinski definition) is 3. The molecule has 0 radical (unpaired) electrons. The number of nitrogens with two attached hydrogens (primary N) is 1. The molecular formula is C14H15N3O4. The zero-order chi connectivity index (χ0) is 15.2. The second kappa shape index (κ2) is 6.58. The molecule has 21 heavy (non-hydrogen) atoms. The number of hydrogen-bond acceptors (Lipinski definition) is 5. The van der Waals surface area contributed by atoms with Gasteiger partial charge in [-0.2, -0.15) is 0 Å². The van der Waals surface area contributed by atoms with E-state index in [9.17, 15) is 9.59 Å². The highest BCUT2D eigenvalue weighted by molar-refractivity contribution is 5.91. The summed E-state index contributed by atoms with van der Waals surface area (Å²) in [7, 11) is 0. The van der Waals surface area contributed by atoms with Gasteiger partial charge in [0.2, 0.25) is 5.91 Å². The molecule has 2 aromatic rings. The molecule has 0 atom stereocenters. The van der Waals surface area contributed by atoms with Crippen molar-refractivity contribution >= 4 is 17.5 Å². The van der Waals surface area contributed by atoms with Gasteiger partial charge < -0.3 is 14.5 Å². The minimum atomic E-state index is -0.506. The van der Waals surface area contributed by atoms with Crippen LogP contribution in [-0.2, 0) is 11.4 Å². The normalized spacial score (nSPS) is 10.0. The van der Waals surface area contributed by atoms with Gasteiger partial charge >= 0.3 is 5.91 Å². The maximum absolute atomic E-state index is 11.2. The van der Waals surface area contributed by atoms with E-state index in [1.54, 1.807) is 30.3 Å². The molecular weight excluding hydrogens is 274 g/mol. The number of nitrogen functional groups attached to an aromatic ring is 1. The smallest absolute Gasteiger partial charge is 0.300 e. The van der Waals surface area contributed by atoms with E-state index in [-0.39, 0.29) is 18.3 Å². The van der Waals surface area contributed by atoms with E-state index in [1.807, 2.05) is 5.43 Å². The lowest BCUT2D eigenvalue weighted by Gasteiger charge is -2.07. The maximum atomic E-state index is 11.2. The van der Waals surface area contributed by atoms with Crippen molar-refractivity contribution in [2.24, 2.45) is 5.84 Å². The van der Waals surface area contributed by atoms with Crippen molar-refractivity contribution in [2.45, 2.75) is 13.5 Å². The lowest BCUT2D eigenvalue weighted by atomic mass is 10.3. The van der Waals surface area contributed by atoms with Crippen LogP contribution >= 0.6 is 0 Å². The Morgan fingerprint density at radius 3 is 2.81 bits per heavy atom. The van der Waals surface area contributed by atoms with E-state index in [0.717, 1.165) is 0 Å². The fourth-order valence-electron chi connectivity index (χ4n) is 1.67. The van der Waals surface area contributed by atoms with Gasteiger partial charge in [0.25, 0.3) is 0 Å². The van der Waals surface area contributed by atoms with Gasteiger partial charge in [0.05, 0.1) is 0 Å². The number of ether oxygens (including phenoxy) is 1.